The molecule has 0 atom stereocenters. The van der Waals surface area contributed by atoms with Crippen molar-refractivity contribution in [1.29, 1.82) is 0 Å². The molecule has 2 aromatic rings. The van der Waals surface area contributed by atoms with E-state index in [0.717, 1.165) is 22.2 Å². The minimum absolute atomic E-state index is 0.0129. The number of anilines is 1. The Labute approximate surface area is 117 Å². The monoisotopic (exact) mass is 274 g/mol. The second kappa shape index (κ2) is 6.98. The van der Waals surface area contributed by atoms with Gasteiger partial charge in [-0.05, 0) is 30.7 Å². The normalized spacial score (nSPS) is 10.7. The lowest BCUT2D eigenvalue weighted by Crippen LogP contribution is -2.19. The molecule has 106 valence electrons. The van der Waals surface area contributed by atoms with Crippen molar-refractivity contribution < 1.29 is 14.3 Å². The van der Waals surface area contributed by atoms with Crippen molar-refractivity contribution in [1.82, 2.24) is 4.98 Å². The summed E-state index contributed by atoms with van der Waals surface area (Å²) in [5.74, 6) is -0.185. The molecule has 1 heterocycles. The number of benzene rings is 1. The molecular weight excluding hydrogens is 256 g/mol. The third kappa shape index (κ3) is 3.53. The Morgan fingerprint density at radius 1 is 1.30 bits per heavy atom. The van der Waals surface area contributed by atoms with Gasteiger partial charge in [-0.2, -0.15) is 0 Å². The van der Waals surface area contributed by atoms with Crippen molar-refractivity contribution >= 4 is 22.5 Å². The quantitative estimate of drug-likeness (QED) is 0.820. The minimum Gasteiger partial charge on any atom is -0.382 e. The van der Waals surface area contributed by atoms with Crippen molar-refractivity contribution in [3.63, 3.8) is 0 Å². The van der Waals surface area contributed by atoms with E-state index < -0.39 is 0 Å². The van der Waals surface area contributed by atoms with E-state index in [0.29, 0.717) is 13.2 Å². The predicted octanol–water partition coefficient (Wildman–Crippen LogP) is 2.14. The number of ether oxygens (including phenoxy) is 2. The largest absolute Gasteiger partial charge is 0.382 e. The SMILES string of the molecule is COCCOCC(=O)Nc1ccc(C)c2ncccc12. The number of hydrogen-bond acceptors (Lipinski definition) is 4. The van der Waals surface area contributed by atoms with Gasteiger partial charge in [0.15, 0.2) is 0 Å². The summed E-state index contributed by atoms with van der Waals surface area (Å²) in [6.07, 6.45) is 1.74. The number of hydrogen-bond donors (Lipinski definition) is 1. The van der Waals surface area contributed by atoms with Crippen LogP contribution in [0, 0.1) is 6.92 Å². The van der Waals surface area contributed by atoms with E-state index in [9.17, 15) is 4.79 Å². The Bertz CT molecular complexity index is 599. The molecule has 0 radical (unpaired) electrons. The molecule has 0 unspecified atom stereocenters. The smallest absolute Gasteiger partial charge is 0.250 e. The first kappa shape index (κ1) is 14.4. The summed E-state index contributed by atoms with van der Waals surface area (Å²) in [5.41, 5.74) is 2.72. The van der Waals surface area contributed by atoms with Gasteiger partial charge in [0.05, 0.1) is 24.4 Å². The molecule has 2 rings (SSSR count). The first-order valence-corrected chi connectivity index (χ1v) is 6.43. The highest BCUT2D eigenvalue weighted by Crippen LogP contribution is 2.24. The molecule has 0 aliphatic rings. The van der Waals surface area contributed by atoms with Gasteiger partial charge in [-0.1, -0.05) is 6.07 Å². The van der Waals surface area contributed by atoms with Crippen molar-refractivity contribution in [3.05, 3.63) is 36.0 Å². The first-order chi connectivity index (χ1) is 9.72. The maximum atomic E-state index is 11.8. The number of nitrogens with one attached hydrogen (secondary N) is 1. The number of pyridine rings is 1. The predicted molar refractivity (Wildman–Crippen MR) is 77.8 cm³/mol. The molecule has 5 nitrogen and oxygen atoms in total. The van der Waals surface area contributed by atoms with E-state index in [1.807, 2.05) is 31.2 Å². The van der Waals surface area contributed by atoms with Crippen LogP contribution in [0.25, 0.3) is 10.9 Å². The molecule has 0 saturated heterocycles. The lowest BCUT2D eigenvalue weighted by atomic mass is 10.1. The highest BCUT2D eigenvalue weighted by atomic mass is 16.5. The molecule has 20 heavy (non-hydrogen) atoms. The van der Waals surface area contributed by atoms with Crippen molar-refractivity contribution in [2.45, 2.75) is 6.92 Å². The Balaban J connectivity index is 2.06. The number of fused-ring (bicyclic) bond motifs is 1. The van der Waals surface area contributed by atoms with Gasteiger partial charge in [0.1, 0.15) is 6.61 Å². The average Bonchev–Trinajstić information content (AvgIpc) is 2.47. The van der Waals surface area contributed by atoms with Gasteiger partial charge in [-0.25, -0.2) is 0 Å². The number of aryl methyl sites for hydroxylation is 1. The summed E-state index contributed by atoms with van der Waals surface area (Å²) in [4.78, 5) is 16.1. The van der Waals surface area contributed by atoms with Crippen molar-refractivity contribution in [2.75, 3.05) is 32.2 Å². The number of amides is 1. The second-order valence-corrected chi connectivity index (χ2v) is 4.42. The molecule has 0 bridgehead atoms. The summed E-state index contributed by atoms with van der Waals surface area (Å²) in [6.45, 7) is 2.89. The summed E-state index contributed by atoms with van der Waals surface area (Å²) in [6, 6.07) is 7.62. The van der Waals surface area contributed by atoms with E-state index in [4.69, 9.17) is 9.47 Å². The zero-order valence-corrected chi connectivity index (χ0v) is 11.7. The Morgan fingerprint density at radius 3 is 2.95 bits per heavy atom. The van der Waals surface area contributed by atoms with Gasteiger partial charge in [0.2, 0.25) is 5.91 Å². The van der Waals surface area contributed by atoms with Gasteiger partial charge >= 0.3 is 0 Å². The third-order valence-electron chi connectivity index (χ3n) is 2.91. The average molecular weight is 274 g/mol. The van der Waals surface area contributed by atoms with E-state index in [2.05, 4.69) is 10.3 Å². The molecule has 1 aromatic carbocycles. The van der Waals surface area contributed by atoms with Crippen LogP contribution in [0.15, 0.2) is 30.5 Å². The van der Waals surface area contributed by atoms with Crippen molar-refractivity contribution in [2.24, 2.45) is 0 Å². The summed E-state index contributed by atoms with van der Waals surface area (Å²) in [5, 5.41) is 3.77. The second-order valence-electron chi connectivity index (χ2n) is 4.42. The topological polar surface area (TPSA) is 60.5 Å². The van der Waals surface area contributed by atoms with Gasteiger partial charge in [-0.15, -0.1) is 0 Å². The fraction of sp³-hybridized carbons (Fsp3) is 0.333. The zero-order chi connectivity index (χ0) is 14.4. The van der Waals surface area contributed by atoms with Crippen LogP contribution in [0.5, 0.6) is 0 Å². The van der Waals surface area contributed by atoms with Crippen LogP contribution in [-0.2, 0) is 14.3 Å². The number of nitrogens with zero attached hydrogens (tertiary/aromatic N) is 1. The van der Waals surface area contributed by atoms with Crippen LogP contribution in [0.1, 0.15) is 5.56 Å². The fourth-order valence-corrected chi connectivity index (χ4v) is 1.92. The molecular formula is C15H18N2O3. The Hall–Kier alpha value is -1.98. The maximum absolute atomic E-state index is 11.8. The highest BCUT2D eigenvalue weighted by molar-refractivity contribution is 6.02. The molecule has 0 saturated carbocycles. The maximum Gasteiger partial charge on any atom is 0.250 e. The first-order valence-electron chi connectivity index (χ1n) is 6.43. The van der Waals surface area contributed by atoms with Crippen LogP contribution in [-0.4, -0.2) is 37.8 Å². The van der Waals surface area contributed by atoms with Gasteiger partial charge in [0, 0.05) is 18.7 Å². The third-order valence-corrected chi connectivity index (χ3v) is 2.91. The number of rotatable bonds is 6. The van der Waals surface area contributed by atoms with Crippen molar-refractivity contribution in [3.8, 4) is 0 Å². The van der Waals surface area contributed by atoms with Crippen LogP contribution in [0.2, 0.25) is 0 Å². The molecule has 0 fully saturated rings. The molecule has 1 N–H and O–H groups in total. The molecule has 0 aliphatic heterocycles. The highest BCUT2D eigenvalue weighted by Gasteiger charge is 2.07. The van der Waals surface area contributed by atoms with E-state index in [1.54, 1.807) is 13.3 Å². The van der Waals surface area contributed by atoms with E-state index >= 15 is 0 Å². The van der Waals surface area contributed by atoms with E-state index in [-0.39, 0.29) is 12.5 Å². The molecule has 1 aromatic heterocycles. The van der Waals surface area contributed by atoms with Gasteiger partial charge in [0.25, 0.3) is 0 Å². The van der Waals surface area contributed by atoms with E-state index in [1.165, 1.54) is 0 Å². The molecule has 0 spiro atoms. The standard InChI is InChI=1S/C15H18N2O3/c1-11-5-6-13(12-4-3-7-16-15(11)12)17-14(18)10-20-9-8-19-2/h3-7H,8-10H2,1-2H3,(H,17,18). The summed E-state index contributed by atoms with van der Waals surface area (Å²) >= 11 is 0. The fourth-order valence-electron chi connectivity index (χ4n) is 1.92. The molecule has 0 aliphatic carbocycles. The van der Waals surface area contributed by atoms with Crippen LogP contribution < -0.4 is 5.32 Å². The Kier molecular flexibility index (Phi) is 5.03. The number of carbonyl (C=O) groups excluding carboxylic acids is 1. The lowest BCUT2D eigenvalue weighted by molar-refractivity contribution is -0.121. The number of methoxy groups -OCH3 is 1. The lowest BCUT2D eigenvalue weighted by Gasteiger charge is -2.10. The minimum atomic E-state index is -0.185. The molecule has 5 heteroatoms. The van der Waals surface area contributed by atoms with Crippen LogP contribution >= 0.6 is 0 Å². The van der Waals surface area contributed by atoms with Crippen LogP contribution in [0.3, 0.4) is 0 Å². The number of aromatic nitrogens is 1. The zero-order valence-electron chi connectivity index (χ0n) is 11.7. The summed E-state index contributed by atoms with van der Waals surface area (Å²) in [7, 11) is 1.59. The Morgan fingerprint density at radius 2 is 2.15 bits per heavy atom. The van der Waals surface area contributed by atoms with Gasteiger partial charge < -0.3 is 14.8 Å². The van der Waals surface area contributed by atoms with Crippen LogP contribution in [0.4, 0.5) is 5.69 Å². The molecule has 1 amide bonds. The number of carbonyl (C=O) groups is 1. The summed E-state index contributed by atoms with van der Waals surface area (Å²) < 4.78 is 10.0. The van der Waals surface area contributed by atoms with Gasteiger partial charge in [-0.3, -0.25) is 9.78 Å².